The van der Waals surface area contributed by atoms with Crippen LogP contribution in [0, 0.1) is 0 Å². The number of ether oxygens (including phenoxy) is 1. The first kappa shape index (κ1) is 18.0. The molecule has 0 aliphatic carbocycles. The lowest BCUT2D eigenvalue weighted by Gasteiger charge is -2.33. The van der Waals surface area contributed by atoms with E-state index in [1.54, 1.807) is 25.2 Å². The average molecular weight is 342 g/mol. The highest BCUT2D eigenvalue weighted by Gasteiger charge is 2.23. The molecule has 1 aromatic carbocycles. The second kappa shape index (κ2) is 8.49. The third-order valence-electron chi connectivity index (χ3n) is 3.98. The molecule has 0 radical (unpaired) electrons. The number of nitrogens with two attached hydrogens (primary N) is 1. The van der Waals surface area contributed by atoms with E-state index in [9.17, 15) is 9.90 Å². The van der Waals surface area contributed by atoms with Crippen molar-refractivity contribution in [2.75, 3.05) is 33.2 Å². The minimum absolute atomic E-state index is 0.0471. The fraction of sp³-hybridized carbons (Fsp3) is 0.562. The highest BCUT2D eigenvalue weighted by atomic mass is 35.5. The minimum atomic E-state index is -0.483. The van der Waals surface area contributed by atoms with Gasteiger partial charge in [0.25, 0.3) is 5.91 Å². The predicted octanol–water partition coefficient (Wildman–Crippen LogP) is 0.862. The molecule has 0 aromatic heterocycles. The first-order valence-electron chi connectivity index (χ1n) is 7.82. The van der Waals surface area contributed by atoms with Gasteiger partial charge in [0.1, 0.15) is 11.9 Å². The summed E-state index contributed by atoms with van der Waals surface area (Å²) in [5.41, 5.74) is 5.88. The van der Waals surface area contributed by atoms with Crippen molar-refractivity contribution in [1.29, 1.82) is 0 Å². The van der Waals surface area contributed by atoms with E-state index in [0.717, 1.165) is 25.9 Å². The van der Waals surface area contributed by atoms with E-state index >= 15 is 0 Å². The second-order valence-corrected chi connectivity index (χ2v) is 6.16. The number of rotatable bonds is 6. The molecule has 6 nitrogen and oxygen atoms in total. The van der Waals surface area contributed by atoms with Gasteiger partial charge in [0, 0.05) is 38.2 Å². The number of nitrogens with zero attached hydrogens (tertiary/aromatic N) is 1. The average Bonchev–Trinajstić information content (AvgIpc) is 2.57. The number of amides is 1. The molecular weight excluding hydrogens is 318 g/mol. The predicted molar refractivity (Wildman–Crippen MR) is 90.0 cm³/mol. The van der Waals surface area contributed by atoms with Gasteiger partial charge in [-0.2, -0.15) is 0 Å². The summed E-state index contributed by atoms with van der Waals surface area (Å²) in [6.07, 6.45) is 1.25. The van der Waals surface area contributed by atoms with Crippen molar-refractivity contribution >= 4 is 17.5 Å². The molecule has 1 aliphatic rings. The molecule has 2 rings (SSSR count). The molecule has 4 N–H and O–H groups in total. The highest BCUT2D eigenvalue weighted by molar-refractivity contribution is 6.31. The number of β-amino-alcohol motifs (C(OH)–C–C–N with tert-alkyl or cyclic N) is 1. The Morgan fingerprint density at radius 1 is 1.52 bits per heavy atom. The Morgan fingerprint density at radius 2 is 2.22 bits per heavy atom. The van der Waals surface area contributed by atoms with Gasteiger partial charge in [-0.25, -0.2) is 0 Å². The number of hydrogen-bond acceptors (Lipinski definition) is 5. The SMILES string of the molecule is CNC(=O)c1cc(Cl)ccc1OC1CCN(C[C@@H](O)CN)CC1. The smallest absolute Gasteiger partial charge is 0.254 e. The van der Waals surface area contributed by atoms with Crippen LogP contribution < -0.4 is 15.8 Å². The molecule has 23 heavy (non-hydrogen) atoms. The summed E-state index contributed by atoms with van der Waals surface area (Å²) in [6.45, 7) is 2.54. The number of aliphatic hydroxyl groups is 1. The van der Waals surface area contributed by atoms with Crippen LogP contribution in [0.4, 0.5) is 0 Å². The fourth-order valence-corrected chi connectivity index (χ4v) is 2.85. The quantitative estimate of drug-likeness (QED) is 0.714. The topological polar surface area (TPSA) is 87.8 Å². The van der Waals surface area contributed by atoms with Gasteiger partial charge < -0.3 is 25.8 Å². The van der Waals surface area contributed by atoms with Crippen LogP contribution in [0.2, 0.25) is 5.02 Å². The molecule has 0 bridgehead atoms. The van der Waals surface area contributed by atoms with Gasteiger partial charge in [0.05, 0.1) is 11.7 Å². The van der Waals surface area contributed by atoms with E-state index in [1.165, 1.54) is 0 Å². The Bertz CT molecular complexity index is 533. The van der Waals surface area contributed by atoms with Crippen LogP contribution in [0.5, 0.6) is 5.75 Å². The molecule has 0 saturated carbocycles. The molecule has 0 spiro atoms. The standard InChI is InChI=1S/C16H24ClN3O3/c1-19-16(22)14-8-11(17)2-3-15(14)23-13-4-6-20(7-5-13)10-12(21)9-18/h2-3,8,12-13,21H,4-7,9-10,18H2,1H3,(H,19,22)/t12-/m0/s1. The maximum absolute atomic E-state index is 11.9. The molecule has 1 heterocycles. The molecule has 1 fully saturated rings. The van der Waals surface area contributed by atoms with Crippen LogP contribution in [0.1, 0.15) is 23.2 Å². The number of piperidine rings is 1. The van der Waals surface area contributed by atoms with E-state index in [-0.39, 0.29) is 18.6 Å². The van der Waals surface area contributed by atoms with Crippen LogP contribution in [0.3, 0.4) is 0 Å². The summed E-state index contributed by atoms with van der Waals surface area (Å²) in [6, 6.07) is 5.07. The van der Waals surface area contributed by atoms with E-state index < -0.39 is 6.10 Å². The van der Waals surface area contributed by atoms with Gasteiger partial charge in [-0.1, -0.05) is 11.6 Å². The third kappa shape index (κ3) is 5.07. The second-order valence-electron chi connectivity index (χ2n) is 5.73. The highest BCUT2D eigenvalue weighted by Crippen LogP contribution is 2.26. The van der Waals surface area contributed by atoms with E-state index in [2.05, 4.69) is 10.2 Å². The van der Waals surface area contributed by atoms with Gasteiger partial charge >= 0.3 is 0 Å². The van der Waals surface area contributed by atoms with E-state index in [4.69, 9.17) is 22.1 Å². The van der Waals surface area contributed by atoms with Crippen molar-refractivity contribution in [2.24, 2.45) is 5.73 Å². The number of halogens is 1. The molecule has 1 amide bonds. The number of benzene rings is 1. The summed E-state index contributed by atoms with van der Waals surface area (Å²) < 4.78 is 6.01. The van der Waals surface area contributed by atoms with Crippen molar-refractivity contribution in [3.8, 4) is 5.75 Å². The van der Waals surface area contributed by atoms with Crippen molar-refractivity contribution in [2.45, 2.75) is 25.0 Å². The number of hydrogen-bond donors (Lipinski definition) is 3. The number of likely N-dealkylation sites (tertiary alicyclic amines) is 1. The molecule has 0 unspecified atom stereocenters. The first-order chi connectivity index (χ1) is 11.0. The van der Waals surface area contributed by atoms with Gasteiger partial charge in [0.2, 0.25) is 0 Å². The molecule has 1 aliphatic heterocycles. The van der Waals surface area contributed by atoms with Crippen LogP contribution in [0.25, 0.3) is 0 Å². The van der Waals surface area contributed by atoms with Crippen molar-refractivity contribution in [3.63, 3.8) is 0 Å². The Kier molecular flexibility index (Phi) is 6.65. The normalized spacial score (nSPS) is 17.7. The van der Waals surface area contributed by atoms with Gasteiger partial charge in [0.15, 0.2) is 0 Å². The Balaban J connectivity index is 1.95. The lowest BCUT2D eigenvalue weighted by atomic mass is 10.1. The fourth-order valence-electron chi connectivity index (χ4n) is 2.68. The van der Waals surface area contributed by atoms with Crippen LogP contribution >= 0.6 is 11.6 Å². The van der Waals surface area contributed by atoms with E-state index in [0.29, 0.717) is 22.9 Å². The number of carbonyl (C=O) groups excluding carboxylic acids is 1. The summed E-state index contributed by atoms with van der Waals surface area (Å²) in [4.78, 5) is 14.1. The third-order valence-corrected chi connectivity index (χ3v) is 4.22. The maximum atomic E-state index is 11.9. The molecule has 1 atom stereocenters. The summed E-state index contributed by atoms with van der Waals surface area (Å²) in [5, 5.41) is 12.7. The zero-order valence-electron chi connectivity index (χ0n) is 13.3. The molecular formula is C16H24ClN3O3. The van der Waals surface area contributed by atoms with Crippen molar-refractivity contribution in [3.05, 3.63) is 28.8 Å². The van der Waals surface area contributed by atoms with Gasteiger partial charge in [-0.05, 0) is 31.0 Å². The molecule has 128 valence electrons. The Morgan fingerprint density at radius 3 is 2.83 bits per heavy atom. The summed E-state index contributed by atoms with van der Waals surface area (Å²) >= 11 is 5.97. The largest absolute Gasteiger partial charge is 0.489 e. The van der Waals surface area contributed by atoms with Crippen LogP contribution in [-0.4, -0.2) is 61.3 Å². The lowest BCUT2D eigenvalue weighted by molar-refractivity contribution is 0.0633. The van der Waals surface area contributed by atoms with Gasteiger partial charge in [-0.3, -0.25) is 4.79 Å². The summed E-state index contributed by atoms with van der Waals surface area (Å²) in [5.74, 6) is 0.334. The number of nitrogens with one attached hydrogen (secondary N) is 1. The van der Waals surface area contributed by atoms with Crippen molar-refractivity contribution < 1.29 is 14.6 Å². The number of aliphatic hydroxyl groups excluding tert-OH is 1. The Labute approximate surface area is 141 Å². The zero-order chi connectivity index (χ0) is 16.8. The van der Waals surface area contributed by atoms with E-state index in [1.807, 2.05) is 0 Å². The maximum Gasteiger partial charge on any atom is 0.254 e. The minimum Gasteiger partial charge on any atom is -0.489 e. The zero-order valence-corrected chi connectivity index (χ0v) is 14.1. The number of carbonyl (C=O) groups is 1. The van der Waals surface area contributed by atoms with Crippen molar-refractivity contribution in [1.82, 2.24) is 10.2 Å². The lowest BCUT2D eigenvalue weighted by Crippen LogP contribution is -2.43. The molecule has 1 aromatic rings. The monoisotopic (exact) mass is 341 g/mol. The van der Waals surface area contributed by atoms with Crippen LogP contribution in [0.15, 0.2) is 18.2 Å². The van der Waals surface area contributed by atoms with Crippen LogP contribution in [-0.2, 0) is 0 Å². The Hall–Kier alpha value is -1.34. The molecule has 1 saturated heterocycles. The molecule has 7 heteroatoms. The van der Waals surface area contributed by atoms with Gasteiger partial charge in [-0.15, -0.1) is 0 Å². The first-order valence-corrected chi connectivity index (χ1v) is 8.20. The summed E-state index contributed by atoms with van der Waals surface area (Å²) in [7, 11) is 1.58.